The number of benzene rings is 1. The monoisotopic (exact) mass is 465 g/mol. The van der Waals surface area contributed by atoms with Crippen molar-refractivity contribution >= 4 is 43.9 Å². The van der Waals surface area contributed by atoms with E-state index in [-0.39, 0.29) is 11.5 Å². The molecule has 0 saturated heterocycles. The smallest absolute Gasteiger partial charge is 0.263 e. The van der Waals surface area contributed by atoms with Gasteiger partial charge in [-0.05, 0) is 55.7 Å². The highest BCUT2D eigenvalue weighted by molar-refractivity contribution is 7.17. The second-order valence-corrected chi connectivity index (χ2v) is 9.92. The maximum Gasteiger partial charge on any atom is 0.263 e. The molecule has 1 aliphatic carbocycles. The summed E-state index contributed by atoms with van der Waals surface area (Å²) in [6.07, 6.45) is 6.85. The number of fused-ring (bicyclic) bond motifs is 2. The van der Waals surface area contributed by atoms with Gasteiger partial charge < -0.3 is 0 Å². The highest BCUT2D eigenvalue weighted by Gasteiger charge is 2.22. The number of nitrogens with one attached hydrogen (secondary N) is 1. The predicted octanol–water partition coefficient (Wildman–Crippen LogP) is 4.62. The molecule has 0 saturated carbocycles. The number of aromatic nitrogens is 4. The average molecular weight is 466 g/mol. The van der Waals surface area contributed by atoms with Gasteiger partial charge in [-0.2, -0.15) is 0 Å². The van der Waals surface area contributed by atoms with Crippen LogP contribution in [0.1, 0.15) is 48.9 Å². The van der Waals surface area contributed by atoms with E-state index in [2.05, 4.69) is 38.7 Å². The fourth-order valence-corrected chi connectivity index (χ4v) is 5.71. The Morgan fingerprint density at radius 1 is 1.22 bits per heavy atom. The van der Waals surface area contributed by atoms with Gasteiger partial charge in [0.15, 0.2) is 0 Å². The van der Waals surface area contributed by atoms with Gasteiger partial charge in [-0.15, -0.1) is 21.5 Å². The zero-order valence-corrected chi connectivity index (χ0v) is 19.6. The fourth-order valence-electron chi connectivity index (χ4n) is 4.12. The van der Waals surface area contributed by atoms with Crippen LogP contribution in [0.5, 0.6) is 0 Å². The van der Waals surface area contributed by atoms with E-state index in [0.717, 1.165) is 35.4 Å². The van der Waals surface area contributed by atoms with Gasteiger partial charge in [0.05, 0.1) is 11.7 Å². The first-order valence-electron chi connectivity index (χ1n) is 10.8. The second kappa shape index (κ2) is 8.55. The van der Waals surface area contributed by atoms with Crippen LogP contribution >= 0.6 is 22.7 Å². The molecule has 0 spiro atoms. The highest BCUT2D eigenvalue weighted by Crippen LogP contribution is 2.33. The summed E-state index contributed by atoms with van der Waals surface area (Å²) in [6, 6.07) is 5.76. The second-order valence-electron chi connectivity index (χ2n) is 8.00. The van der Waals surface area contributed by atoms with Crippen LogP contribution in [-0.2, 0) is 24.1 Å². The van der Waals surface area contributed by atoms with Gasteiger partial charge in [-0.25, -0.2) is 4.98 Å². The van der Waals surface area contributed by atoms with Crippen molar-refractivity contribution in [2.45, 2.75) is 52.0 Å². The van der Waals surface area contributed by atoms with Crippen molar-refractivity contribution < 1.29 is 4.79 Å². The molecule has 9 heteroatoms. The normalized spacial score (nSPS) is 14.3. The van der Waals surface area contributed by atoms with E-state index in [1.54, 1.807) is 6.92 Å². The molecule has 0 radical (unpaired) electrons. The van der Waals surface area contributed by atoms with Crippen LogP contribution in [0.3, 0.4) is 0 Å². The Kier molecular flexibility index (Phi) is 5.60. The van der Waals surface area contributed by atoms with Crippen molar-refractivity contribution in [1.29, 1.82) is 0 Å². The van der Waals surface area contributed by atoms with Gasteiger partial charge in [-0.3, -0.25) is 19.5 Å². The largest absolute Gasteiger partial charge is 0.299 e. The third kappa shape index (κ3) is 3.75. The number of carbonyl (C=O) groups excluding carboxylic acids is 1. The molecule has 0 bridgehead atoms. The van der Waals surface area contributed by atoms with E-state index < -0.39 is 6.04 Å². The van der Waals surface area contributed by atoms with Crippen LogP contribution in [0, 0.1) is 0 Å². The molecule has 3 aromatic heterocycles. The Labute approximate surface area is 193 Å². The zero-order valence-electron chi connectivity index (χ0n) is 17.9. The van der Waals surface area contributed by atoms with E-state index in [1.165, 1.54) is 57.5 Å². The van der Waals surface area contributed by atoms with E-state index >= 15 is 0 Å². The molecule has 1 atom stereocenters. The van der Waals surface area contributed by atoms with Gasteiger partial charge in [0, 0.05) is 10.9 Å². The number of hydrogen-bond donors (Lipinski definition) is 1. The molecule has 1 aromatic carbocycles. The molecule has 0 aliphatic heterocycles. The zero-order chi connectivity index (χ0) is 22.2. The Morgan fingerprint density at radius 2 is 2.03 bits per heavy atom. The SMILES string of the molecule is CCc1nnc(NC(=O)C(C)n2cnc3scc(-c4ccc5c(c4)CCCC5)c3c2=O)s1. The summed E-state index contributed by atoms with van der Waals surface area (Å²) in [7, 11) is 0. The third-order valence-electron chi connectivity index (χ3n) is 5.98. The van der Waals surface area contributed by atoms with Crippen molar-refractivity contribution in [1.82, 2.24) is 19.7 Å². The molecular weight excluding hydrogens is 442 g/mol. The summed E-state index contributed by atoms with van der Waals surface area (Å²) in [5, 5.41) is 14.6. The molecule has 32 heavy (non-hydrogen) atoms. The minimum atomic E-state index is -0.732. The average Bonchev–Trinajstić information content (AvgIpc) is 3.46. The Hall–Kier alpha value is -2.91. The first-order valence-corrected chi connectivity index (χ1v) is 12.5. The van der Waals surface area contributed by atoms with E-state index in [9.17, 15) is 9.59 Å². The molecule has 3 heterocycles. The Bertz CT molecular complexity index is 1370. The molecule has 1 N–H and O–H groups in total. The summed E-state index contributed by atoms with van der Waals surface area (Å²) < 4.78 is 1.40. The van der Waals surface area contributed by atoms with Crippen molar-refractivity contribution in [3.05, 3.63) is 56.4 Å². The minimum absolute atomic E-state index is 0.210. The molecule has 7 nitrogen and oxygen atoms in total. The van der Waals surface area contributed by atoms with E-state index in [4.69, 9.17) is 0 Å². The summed E-state index contributed by atoms with van der Waals surface area (Å²) in [6.45, 7) is 3.67. The number of aryl methyl sites for hydroxylation is 3. The number of hydrogen-bond acceptors (Lipinski definition) is 7. The molecule has 1 aliphatic rings. The molecular formula is C23H23N5O2S2. The number of anilines is 1. The molecule has 4 aromatic rings. The highest BCUT2D eigenvalue weighted by atomic mass is 32.1. The number of thiophene rings is 1. The summed E-state index contributed by atoms with van der Waals surface area (Å²) in [5.74, 6) is -0.322. The topological polar surface area (TPSA) is 89.8 Å². The van der Waals surface area contributed by atoms with Gasteiger partial charge >= 0.3 is 0 Å². The lowest BCUT2D eigenvalue weighted by Gasteiger charge is -2.16. The lowest BCUT2D eigenvalue weighted by molar-refractivity contribution is -0.118. The third-order valence-corrected chi connectivity index (χ3v) is 7.84. The Balaban J connectivity index is 1.49. The van der Waals surface area contributed by atoms with Crippen LogP contribution in [0.25, 0.3) is 21.3 Å². The van der Waals surface area contributed by atoms with Crippen LogP contribution in [0.15, 0.2) is 34.7 Å². The number of rotatable bonds is 5. The maximum absolute atomic E-state index is 13.4. The Morgan fingerprint density at radius 3 is 2.81 bits per heavy atom. The quantitative estimate of drug-likeness (QED) is 0.465. The fraction of sp³-hybridized carbons (Fsp3) is 0.348. The lowest BCUT2D eigenvalue weighted by atomic mass is 9.89. The van der Waals surface area contributed by atoms with Gasteiger partial charge in [0.25, 0.3) is 5.56 Å². The number of carbonyl (C=O) groups is 1. The summed E-state index contributed by atoms with van der Waals surface area (Å²) in [4.78, 5) is 31.4. The standard InChI is InChI=1S/C23H23N5O2S2/c1-3-18-26-27-23(32-18)25-20(29)13(2)28-12-24-21-19(22(28)30)17(11-31-21)16-9-8-14-6-4-5-7-15(14)10-16/h8-13H,3-7H2,1-2H3,(H,25,27,29). The molecule has 1 unspecified atom stereocenters. The van der Waals surface area contributed by atoms with E-state index in [0.29, 0.717) is 15.3 Å². The minimum Gasteiger partial charge on any atom is -0.299 e. The van der Waals surface area contributed by atoms with Crippen molar-refractivity contribution in [2.75, 3.05) is 5.32 Å². The van der Waals surface area contributed by atoms with Crippen LogP contribution in [0.4, 0.5) is 5.13 Å². The molecule has 1 amide bonds. The number of nitrogens with zero attached hydrogens (tertiary/aromatic N) is 4. The predicted molar refractivity (Wildman–Crippen MR) is 129 cm³/mol. The maximum atomic E-state index is 13.4. The van der Waals surface area contributed by atoms with Crippen molar-refractivity contribution in [2.24, 2.45) is 0 Å². The molecule has 164 valence electrons. The number of amides is 1. The van der Waals surface area contributed by atoms with E-state index in [1.807, 2.05) is 12.3 Å². The molecule has 0 fully saturated rings. The van der Waals surface area contributed by atoms with Crippen LogP contribution in [-0.4, -0.2) is 25.7 Å². The first kappa shape index (κ1) is 21.0. The van der Waals surface area contributed by atoms with Gasteiger partial charge in [-0.1, -0.05) is 36.5 Å². The van der Waals surface area contributed by atoms with Gasteiger partial charge in [0.1, 0.15) is 15.9 Å². The van der Waals surface area contributed by atoms with Crippen LogP contribution in [0.2, 0.25) is 0 Å². The first-order chi connectivity index (χ1) is 15.5. The molecule has 5 rings (SSSR count). The van der Waals surface area contributed by atoms with Crippen LogP contribution < -0.4 is 10.9 Å². The van der Waals surface area contributed by atoms with Crippen molar-refractivity contribution in [3.63, 3.8) is 0 Å². The summed E-state index contributed by atoms with van der Waals surface area (Å²) in [5.41, 5.74) is 4.48. The summed E-state index contributed by atoms with van der Waals surface area (Å²) >= 11 is 2.79. The van der Waals surface area contributed by atoms with Crippen molar-refractivity contribution in [3.8, 4) is 11.1 Å². The lowest BCUT2D eigenvalue weighted by Crippen LogP contribution is -2.31. The van der Waals surface area contributed by atoms with Gasteiger partial charge in [0.2, 0.25) is 11.0 Å².